The SMILES string of the molecule is CC1CCCN(C(=O)COc2ccccc2-c2noc(/C=C/c3ccc(F)cc3)n2)C1. The highest BCUT2D eigenvalue weighted by Gasteiger charge is 2.22. The zero-order chi connectivity index (χ0) is 21.6. The molecule has 0 bridgehead atoms. The Kier molecular flexibility index (Phi) is 6.40. The second-order valence-electron chi connectivity index (χ2n) is 7.71. The number of amides is 1. The smallest absolute Gasteiger partial charge is 0.260 e. The van der Waals surface area contributed by atoms with Crippen molar-refractivity contribution in [3.63, 3.8) is 0 Å². The van der Waals surface area contributed by atoms with E-state index in [4.69, 9.17) is 9.26 Å². The van der Waals surface area contributed by atoms with Crippen molar-refractivity contribution in [3.05, 3.63) is 65.8 Å². The summed E-state index contributed by atoms with van der Waals surface area (Å²) in [6.07, 6.45) is 5.61. The van der Waals surface area contributed by atoms with Crippen molar-refractivity contribution >= 4 is 18.1 Å². The zero-order valence-corrected chi connectivity index (χ0v) is 17.3. The van der Waals surface area contributed by atoms with E-state index in [1.807, 2.05) is 23.1 Å². The van der Waals surface area contributed by atoms with Crippen LogP contribution in [0.2, 0.25) is 0 Å². The molecule has 0 aliphatic carbocycles. The van der Waals surface area contributed by atoms with Crippen LogP contribution in [0, 0.1) is 11.7 Å². The van der Waals surface area contributed by atoms with E-state index in [2.05, 4.69) is 17.1 Å². The fourth-order valence-electron chi connectivity index (χ4n) is 3.58. The van der Waals surface area contributed by atoms with Crippen LogP contribution >= 0.6 is 0 Å². The van der Waals surface area contributed by atoms with E-state index in [1.165, 1.54) is 12.1 Å². The molecule has 160 valence electrons. The Bertz CT molecular complexity index is 1060. The van der Waals surface area contributed by atoms with E-state index in [-0.39, 0.29) is 18.3 Å². The van der Waals surface area contributed by atoms with Crippen LogP contribution in [0.25, 0.3) is 23.5 Å². The molecule has 3 aromatic rings. The van der Waals surface area contributed by atoms with Gasteiger partial charge in [0.05, 0.1) is 5.56 Å². The molecule has 0 spiro atoms. The fraction of sp³-hybridized carbons (Fsp3) is 0.292. The van der Waals surface area contributed by atoms with Crippen LogP contribution < -0.4 is 4.74 Å². The molecule has 1 aromatic heterocycles. The van der Waals surface area contributed by atoms with Gasteiger partial charge in [0.2, 0.25) is 5.82 Å². The van der Waals surface area contributed by atoms with Gasteiger partial charge in [0.15, 0.2) is 6.61 Å². The van der Waals surface area contributed by atoms with Gasteiger partial charge < -0.3 is 14.2 Å². The van der Waals surface area contributed by atoms with Crippen LogP contribution in [0.4, 0.5) is 4.39 Å². The molecular weight excluding hydrogens is 397 g/mol. The maximum Gasteiger partial charge on any atom is 0.260 e. The van der Waals surface area contributed by atoms with Crippen LogP contribution in [-0.4, -0.2) is 40.6 Å². The number of rotatable bonds is 6. The molecule has 0 radical (unpaired) electrons. The van der Waals surface area contributed by atoms with Gasteiger partial charge in [0, 0.05) is 19.2 Å². The molecule has 1 saturated heterocycles. The van der Waals surface area contributed by atoms with Crippen LogP contribution in [0.5, 0.6) is 5.75 Å². The molecule has 4 rings (SSSR count). The molecule has 7 heteroatoms. The van der Waals surface area contributed by atoms with E-state index in [0.29, 0.717) is 28.9 Å². The predicted molar refractivity (Wildman–Crippen MR) is 116 cm³/mol. The Labute approximate surface area is 180 Å². The first-order valence-corrected chi connectivity index (χ1v) is 10.4. The molecule has 1 aliphatic heterocycles. The molecule has 1 amide bonds. The average molecular weight is 421 g/mol. The second kappa shape index (κ2) is 9.55. The van der Waals surface area contributed by atoms with E-state index in [1.54, 1.807) is 30.4 Å². The summed E-state index contributed by atoms with van der Waals surface area (Å²) in [7, 11) is 0. The number of benzene rings is 2. The molecule has 2 aromatic carbocycles. The Morgan fingerprint density at radius 3 is 2.84 bits per heavy atom. The number of halogens is 1. The van der Waals surface area contributed by atoms with E-state index < -0.39 is 0 Å². The van der Waals surface area contributed by atoms with Gasteiger partial charge in [-0.1, -0.05) is 36.3 Å². The standard InChI is InChI=1S/C24H24FN3O3/c1-17-5-4-14-28(15-17)23(29)16-30-21-7-3-2-6-20(21)24-26-22(31-27-24)13-10-18-8-11-19(25)12-9-18/h2-3,6-13,17H,4-5,14-16H2,1H3/b13-10+. The second-order valence-corrected chi connectivity index (χ2v) is 7.71. The van der Waals surface area contributed by atoms with Crippen molar-refractivity contribution in [1.82, 2.24) is 15.0 Å². The molecule has 1 aliphatic rings. The minimum atomic E-state index is -0.290. The summed E-state index contributed by atoms with van der Waals surface area (Å²) in [6.45, 7) is 3.69. The average Bonchev–Trinajstić information content (AvgIpc) is 3.26. The summed E-state index contributed by atoms with van der Waals surface area (Å²) in [5.41, 5.74) is 1.46. The molecule has 1 unspecified atom stereocenters. The quantitative estimate of drug-likeness (QED) is 0.578. The zero-order valence-electron chi connectivity index (χ0n) is 17.3. The van der Waals surface area contributed by atoms with Gasteiger partial charge in [-0.25, -0.2) is 4.39 Å². The number of carbonyl (C=O) groups excluding carboxylic acids is 1. The number of nitrogens with zero attached hydrogens (tertiary/aromatic N) is 3. The van der Waals surface area contributed by atoms with Crippen molar-refractivity contribution < 1.29 is 18.4 Å². The maximum atomic E-state index is 13.0. The van der Waals surface area contributed by atoms with Crippen molar-refractivity contribution in [3.8, 4) is 17.1 Å². The van der Waals surface area contributed by atoms with Crippen LogP contribution in [0.15, 0.2) is 53.1 Å². The van der Waals surface area contributed by atoms with Crippen molar-refractivity contribution in [2.45, 2.75) is 19.8 Å². The normalized spacial score (nSPS) is 16.6. The first-order valence-electron chi connectivity index (χ1n) is 10.4. The van der Waals surface area contributed by atoms with Gasteiger partial charge in [0.1, 0.15) is 11.6 Å². The molecular formula is C24H24FN3O3. The molecule has 0 saturated carbocycles. The van der Waals surface area contributed by atoms with E-state index in [9.17, 15) is 9.18 Å². The van der Waals surface area contributed by atoms with Gasteiger partial charge in [0.25, 0.3) is 11.8 Å². The summed E-state index contributed by atoms with van der Waals surface area (Å²) in [4.78, 5) is 18.8. The van der Waals surface area contributed by atoms with Crippen molar-refractivity contribution in [2.24, 2.45) is 5.92 Å². The molecule has 6 nitrogen and oxygen atoms in total. The highest BCUT2D eigenvalue weighted by molar-refractivity contribution is 5.78. The largest absolute Gasteiger partial charge is 0.483 e. The molecule has 31 heavy (non-hydrogen) atoms. The molecule has 0 N–H and O–H groups in total. The number of carbonyl (C=O) groups is 1. The number of hydrogen-bond acceptors (Lipinski definition) is 5. The lowest BCUT2D eigenvalue weighted by Crippen LogP contribution is -2.41. The lowest BCUT2D eigenvalue weighted by Gasteiger charge is -2.30. The van der Waals surface area contributed by atoms with Gasteiger partial charge in [-0.15, -0.1) is 0 Å². The molecule has 2 heterocycles. The molecule has 1 atom stereocenters. The minimum absolute atomic E-state index is 0.0163. The Hall–Kier alpha value is -3.48. The summed E-state index contributed by atoms with van der Waals surface area (Å²) >= 11 is 0. The number of ether oxygens (including phenoxy) is 1. The fourth-order valence-corrected chi connectivity index (χ4v) is 3.58. The number of hydrogen-bond donors (Lipinski definition) is 0. The third kappa shape index (κ3) is 5.36. The first-order chi connectivity index (χ1) is 15.1. The lowest BCUT2D eigenvalue weighted by atomic mass is 10.0. The van der Waals surface area contributed by atoms with Gasteiger partial charge in [-0.05, 0) is 54.7 Å². The summed E-state index contributed by atoms with van der Waals surface area (Å²) in [5, 5.41) is 4.03. The van der Waals surface area contributed by atoms with Gasteiger partial charge >= 0.3 is 0 Å². The van der Waals surface area contributed by atoms with E-state index in [0.717, 1.165) is 31.5 Å². The first kappa shape index (κ1) is 20.8. The Morgan fingerprint density at radius 1 is 1.23 bits per heavy atom. The van der Waals surface area contributed by atoms with Crippen LogP contribution in [-0.2, 0) is 4.79 Å². The lowest BCUT2D eigenvalue weighted by molar-refractivity contribution is -0.135. The summed E-state index contributed by atoms with van der Waals surface area (Å²) in [6, 6.07) is 13.4. The van der Waals surface area contributed by atoms with Crippen molar-refractivity contribution in [1.29, 1.82) is 0 Å². The van der Waals surface area contributed by atoms with E-state index >= 15 is 0 Å². The maximum absolute atomic E-state index is 13.0. The summed E-state index contributed by atoms with van der Waals surface area (Å²) in [5.74, 6) is 1.42. The number of piperidine rings is 1. The third-order valence-electron chi connectivity index (χ3n) is 5.22. The van der Waals surface area contributed by atoms with Crippen molar-refractivity contribution in [2.75, 3.05) is 19.7 Å². The van der Waals surface area contributed by atoms with Crippen LogP contribution in [0.1, 0.15) is 31.2 Å². The van der Waals surface area contributed by atoms with Gasteiger partial charge in [-0.2, -0.15) is 4.98 Å². The number of aromatic nitrogens is 2. The Balaban J connectivity index is 1.43. The predicted octanol–water partition coefficient (Wildman–Crippen LogP) is 4.68. The highest BCUT2D eigenvalue weighted by atomic mass is 19.1. The topological polar surface area (TPSA) is 68.5 Å². The Morgan fingerprint density at radius 2 is 2.03 bits per heavy atom. The highest BCUT2D eigenvalue weighted by Crippen LogP contribution is 2.28. The van der Waals surface area contributed by atoms with Crippen LogP contribution in [0.3, 0.4) is 0 Å². The minimum Gasteiger partial charge on any atom is -0.483 e. The van der Waals surface area contributed by atoms with Gasteiger partial charge in [-0.3, -0.25) is 4.79 Å². The number of likely N-dealkylation sites (tertiary alicyclic amines) is 1. The molecule has 1 fully saturated rings. The monoisotopic (exact) mass is 421 g/mol. The summed E-state index contributed by atoms with van der Waals surface area (Å²) < 4.78 is 24.1. The third-order valence-corrected chi connectivity index (χ3v) is 5.22. The number of para-hydroxylation sites is 1.